The highest BCUT2D eigenvalue weighted by atomic mass is 19.3. The van der Waals surface area contributed by atoms with Crippen LogP contribution in [0.2, 0.25) is 0 Å². The minimum Gasteiger partial charge on any atom is -0.471 e. The zero-order valence-corrected chi connectivity index (χ0v) is 12.5. The third-order valence-corrected chi connectivity index (χ3v) is 3.56. The van der Waals surface area contributed by atoms with Gasteiger partial charge in [0.2, 0.25) is 5.88 Å². The van der Waals surface area contributed by atoms with Crippen molar-refractivity contribution in [3.05, 3.63) is 23.9 Å². The van der Waals surface area contributed by atoms with Crippen molar-refractivity contribution in [1.29, 1.82) is 0 Å². The number of aliphatic hydroxyl groups excluding tert-OH is 1. The Morgan fingerprint density at radius 3 is 2.75 bits per heavy atom. The predicted octanol–water partition coefficient (Wildman–Crippen LogP) is 0.671. The number of hydrogen-bond acceptors (Lipinski definition) is 5. The van der Waals surface area contributed by atoms with Gasteiger partial charge < -0.3 is 20.5 Å². The lowest BCUT2D eigenvalue weighted by Crippen LogP contribution is -2.34. The number of ether oxygens (including phenoxy) is 1. The summed E-state index contributed by atoms with van der Waals surface area (Å²) in [6, 6.07) is 2.42. The monoisotopic (exact) mass is 351 g/mol. The largest absolute Gasteiger partial charge is 0.471 e. The Bertz CT molecular complexity index is 557. The van der Waals surface area contributed by atoms with Gasteiger partial charge in [0.05, 0.1) is 11.7 Å². The van der Waals surface area contributed by atoms with Gasteiger partial charge >= 0.3 is 12.3 Å². The molecule has 0 saturated carbocycles. The summed E-state index contributed by atoms with van der Waals surface area (Å²) in [7, 11) is 0. The van der Waals surface area contributed by atoms with E-state index in [2.05, 4.69) is 20.4 Å². The van der Waals surface area contributed by atoms with Gasteiger partial charge in [-0.25, -0.2) is 13.8 Å². The maximum Gasteiger partial charge on any atom is 0.340 e. The van der Waals surface area contributed by atoms with Crippen LogP contribution in [0.5, 0.6) is 5.88 Å². The van der Waals surface area contributed by atoms with Crippen LogP contribution in [0, 0.1) is 5.92 Å². The average Bonchev–Trinajstić information content (AvgIpc) is 2.96. The molecule has 0 radical (unpaired) electrons. The highest BCUT2D eigenvalue weighted by molar-refractivity contribution is 5.93. The number of amides is 1. The first-order valence-electron chi connectivity index (χ1n) is 7.21. The molecule has 6 nitrogen and oxygen atoms in total. The van der Waals surface area contributed by atoms with E-state index < -0.39 is 31.0 Å². The van der Waals surface area contributed by atoms with Gasteiger partial charge in [-0.05, 0) is 6.07 Å². The van der Waals surface area contributed by atoms with Gasteiger partial charge in [-0.2, -0.15) is 8.78 Å². The molecule has 24 heavy (non-hydrogen) atoms. The number of alkyl halides is 4. The van der Waals surface area contributed by atoms with Crippen LogP contribution >= 0.6 is 0 Å². The number of aromatic nitrogens is 1. The SMILES string of the molecule is O=C(NCC1CNCC1O)c1ccc(OCC(F)(F)C(F)F)nc1. The van der Waals surface area contributed by atoms with E-state index >= 15 is 0 Å². The second kappa shape index (κ2) is 7.75. The molecule has 10 heteroatoms. The van der Waals surface area contributed by atoms with E-state index in [-0.39, 0.29) is 23.9 Å². The summed E-state index contributed by atoms with van der Waals surface area (Å²) in [5, 5.41) is 15.2. The van der Waals surface area contributed by atoms with Crippen LogP contribution in [-0.2, 0) is 0 Å². The fraction of sp³-hybridized carbons (Fsp3) is 0.571. The van der Waals surface area contributed by atoms with Crippen molar-refractivity contribution in [3.8, 4) is 5.88 Å². The quantitative estimate of drug-likeness (QED) is 0.629. The summed E-state index contributed by atoms with van der Waals surface area (Å²) in [4.78, 5) is 15.5. The fourth-order valence-electron chi connectivity index (χ4n) is 2.09. The van der Waals surface area contributed by atoms with Crippen LogP contribution < -0.4 is 15.4 Å². The van der Waals surface area contributed by atoms with Crippen molar-refractivity contribution in [1.82, 2.24) is 15.6 Å². The highest BCUT2D eigenvalue weighted by Crippen LogP contribution is 2.23. The van der Waals surface area contributed by atoms with E-state index in [0.717, 1.165) is 12.3 Å². The number of halogens is 4. The molecule has 2 heterocycles. The second-order valence-corrected chi connectivity index (χ2v) is 5.43. The number of nitrogens with zero attached hydrogens (tertiary/aromatic N) is 1. The third kappa shape index (κ3) is 4.78. The molecule has 134 valence electrons. The molecule has 2 unspecified atom stereocenters. The molecule has 1 saturated heterocycles. The number of carbonyl (C=O) groups excluding carboxylic acids is 1. The van der Waals surface area contributed by atoms with E-state index in [0.29, 0.717) is 13.1 Å². The number of pyridine rings is 1. The second-order valence-electron chi connectivity index (χ2n) is 5.43. The molecule has 2 atom stereocenters. The normalized spacial score (nSPS) is 21.1. The number of rotatable bonds is 7. The molecule has 1 amide bonds. The van der Waals surface area contributed by atoms with E-state index in [9.17, 15) is 27.5 Å². The molecule has 0 aliphatic carbocycles. The zero-order chi connectivity index (χ0) is 17.7. The number of aliphatic hydroxyl groups is 1. The van der Waals surface area contributed by atoms with Crippen molar-refractivity contribution in [2.45, 2.75) is 18.5 Å². The van der Waals surface area contributed by atoms with E-state index in [1.165, 1.54) is 6.07 Å². The summed E-state index contributed by atoms with van der Waals surface area (Å²) in [6.07, 6.45) is -3.27. The summed E-state index contributed by atoms with van der Waals surface area (Å²) in [5.74, 6) is -5.11. The van der Waals surface area contributed by atoms with Crippen molar-refractivity contribution in [2.24, 2.45) is 5.92 Å². The van der Waals surface area contributed by atoms with Crippen molar-refractivity contribution >= 4 is 5.91 Å². The van der Waals surface area contributed by atoms with Gasteiger partial charge in [-0.15, -0.1) is 0 Å². The first kappa shape index (κ1) is 18.4. The lowest BCUT2D eigenvalue weighted by molar-refractivity contribution is -0.148. The Balaban J connectivity index is 1.83. The number of nitrogens with one attached hydrogen (secondary N) is 2. The van der Waals surface area contributed by atoms with Gasteiger partial charge in [0.15, 0.2) is 6.61 Å². The lowest BCUT2D eigenvalue weighted by atomic mass is 10.1. The van der Waals surface area contributed by atoms with Crippen molar-refractivity contribution in [2.75, 3.05) is 26.2 Å². The van der Waals surface area contributed by atoms with Gasteiger partial charge in [0, 0.05) is 37.8 Å². The lowest BCUT2D eigenvalue weighted by Gasteiger charge is -2.15. The van der Waals surface area contributed by atoms with E-state index in [1.54, 1.807) is 0 Å². The molecular weight excluding hydrogens is 334 g/mol. The van der Waals surface area contributed by atoms with Crippen LogP contribution in [0.3, 0.4) is 0 Å². The highest BCUT2D eigenvalue weighted by Gasteiger charge is 2.41. The smallest absolute Gasteiger partial charge is 0.340 e. The molecule has 1 aliphatic rings. The molecule has 1 aromatic heterocycles. The average molecular weight is 351 g/mol. The molecule has 0 aromatic carbocycles. The van der Waals surface area contributed by atoms with E-state index in [4.69, 9.17) is 0 Å². The molecule has 1 fully saturated rings. The molecule has 1 aromatic rings. The molecule has 1 aliphatic heterocycles. The van der Waals surface area contributed by atoms with Crippen LogP contribution in [0.15, 0.2) is 18.3 Å². The topological polar surface area (TPSA) is 83.5 Å². The van der Waals surface area contributed by atoms with Gasteiger partial charge in [0.1, 0.15) is 0 Å². The standard InChI is InChI=1S/C14H17F4N3O3/c15-13(16)14(17,18)7-24-11-2-1-8(4-20-11)12(23)21-5-9-3-19-6-10(9)22/h1-2,4,9-10,13,19,22H,3,5-7H2,(H,21,23). The van der Waals surface area contributed by atoms with E-state index in [1.807, 2.05) is 0 Å². The van der Waals surface area contributed by atoms with Crippen LogP contribution in [0.4, 0.5) is 17.6 Å². The summed E-state index contributed by atoms with van der Waals surface area (Å²) < 4.78 is 54.0. The number of β-amino-alcohol motifs (C(OH)–C–C–N with tert-alkyl or cyclic N) is 1. The van der Waals surface area contributed by atoms with Crippen LogP contribution in [0.1, 0.15) is 10.4 Å². The van der Waals surface area contributed by atoms with Crippen molar-refractivity contribution < 1.29 is 32.2 Å². The molecule has 2 rings (SSSR count). The Kier molecular flexibility index (Phi) is 5.94. The number of carbonyl (C=O) groups is 1. The van der Waals surface area contributed by atoms with Gasteiger partial charge in [-0.3, -0.25) is 4.79 Å². The molecule has 0 spiro atoms. The van der Waals surface area contributed by atoms with Gasteiger partial charge in [0.25, 0.3) is 5.91 Å². The summed E-state index contributed by atoms with van der Waals surface area (Å²) in [6.45, 7) is -0.177. The maximum absolute atomic E-state index is 12.7. The summed E-state index contributed by atoms with van der Waals surface area (Å²) in [5.41, 5.74) is 0.156. The minimum absolute atomic E-state index is 0.0962. The zero-order valence-electron chi connectivity index (χ0n) is 12.5. The third-order valence-electron chi connectivity index (χ3n) is 3.56. The first-order chi connectivity index (χ1) is 11.3. The van der Waals surface area contributed by atoms with Crippen LogP contribution in [0.25, 0.3) is 0 Å². The molecular formula is C14H17F4N3O3. The predicted molar refractivity (Wildman–Crippen MR) is 75.4 cm³/mol. The molecule has 3 N–H and O–H groups in total. The summed E-state index contributed by atoms with van der Waals surface area (Å²) >= 11 is 0. The number of hydrogen-bond donors (Lipinski definition) is 3. The Labute approximate surface area is 135 Å². The van der Waals surface area contributed by atoms with Crippen molar-refractivity contribution in [3.63, 3.8) is 0 Å². The Morgan fingerprint density at radius 2 is 2.21 bits per heavy atom. The Hall–Kier alpha value is -1.94. The fourth-order valence-corrected chi connectivity index (χ4v) is 2.09. The first-order valence-corrected chi connectivity index (χ1v) is 7.21. The van der Waals surface area contributed by atoms with Crippen LogP contribution in [-0.4, -0.2) is 60.7 Å². The maximum atomic E-state index is 12.7. The molecule has 0 bridgehead atoms. The van der Waals surface area contributed by atoms with Gasteiger partial charge in [-0.1, -0.05) is 0 Å². The minimum atomic E-state index is -4.27. The Morgan fingerprint density at radius 1 is 1.46 bits per heavy atom.